The first kappa shape index (κ1) is 29.9. The number of carbonyl (C=O) groups is 3. The molecule has 2 fully saturated rings. The topological polar surface area (TPSA) is 109 Å². The molecule has 1 aromatic heterocycles. The number of hydrogen-bond donors (Lipinski definition) is 2. The Kier molecular flexibility index (Phi) is 8.56. The number of nitrogens with zero attached hydrogens (tertiary/aromatic N) is 5. The van der Waals surface area contributed by atoms with E-state index in [2.05, 4.69) is 16.2 Å². The Morgan fingerprint density at radius 1 is 1.02 bits per heavy atom. The van der Waals surface area contributed by atoms with Crippen molar-refractivity contribution in [2.75, 3.05) is 19.6 Å². The summed E-state index contributed by atoms with van der Waals surface area (Å²) in [5.74, 6) is 2.09. The molecule has 11 heteroatoms. The van der Waals surface area contributed by atoms with Crippen LogP contribution in [0.5, 0.6) is 5.75 Å². The molecule has 0 bridgehead atoms. The van der Waals surface area contributed by atoms with Crippen molar-refractivity contribution in [1.82, 2.24) is 30.1 Å². The zero-order valence-electron chi connectivity index (χ0n) is 24.3. The van der Waals surface area contributed by atoms with Crippen LogP contribution in [0.2, 0.25) is 5.02 Å². The van der Waals surface area contributed by atoms with Gasteiger partial charge in [-0.2, -0.15) is 5.01 Å². The summed E-state index contributed by atoms with van der Waals surface area (Å²) in [6.45, 7) is 0.362. The fourth-order valence-electron chi connectivity index (χ4n) is 6.02. The summed E-state index contributed by atoms with van der Waals surface area (Å²) in [5, 5.41) is 17.1. The van der Waals surface area contributed by atoms with Gasteiger partial charge in [0.05, 0.1) is 25.2 Å². The number of hydrogen-bond acceptors (Lipinski definition) is 6. The smallest absolute Gasteiger partial charge is 0.334 e. The molecular formula is C34H31ClN6O4. The predicted octanol–water partition coefficient (Wildman–Crippen LogP) is 3.78. The number of terminal acetylenes is 1. The summed E-state index contributed by atoms with van der Waals surface area (Å²) < 4.78 is 0. The number of aromatic hydroxyl groups is 1. The van der Waals surface area contributed by atoms with E-state index >= 15 is 0 Å². The van der Waals surface area contributed by atoms with Gasteiger partial charge in [-0.3, -0.25) is 14.6 Å². The van der Waals surface area contributed by atoms with E-state index < -0.39 is 18.2 Å². The summed E-state index contributed by atoms with van der Waals surface area (Å²) in [6.07, 6.45) is 6.71. The Morgan fingerprint density at radius 3 is 2.56 bits per heavy atom. The Labute approximate surface area is 265 Å². The minimum Gasteiger partial charge on any atom is -0.508 e. The summed E-state index contributed by atoms with van der Waals surface area (Å²) in [7, 11) is 0. The van der Waals surface area contributed by atoms with Gasteiger partial charge in [0.15, 0.2) is 0 Å². The number of halogens is 1. The van der Waals surface area contributed by atoms with Crippen molar-refractivity contribution in [2.45, 2.75) is 31.7 Å². The van der Waals surface area contributed by atoms with Crippen LogP contribution >= 0.6 is 11.6 Å². The molecule has 45 heavy (non-hydrogen) atoms. The number of amides is 4. The van der Waals surface area contributed by atoms with Crippen molar-refractivity contribution >= 4 is 40.3 Å². The Bertz CT molecular complexity index is 1780. The second-order valence-electron chi connectivity index (χ2n) is 11.0. The lowest BCUT2D eigenvalue weighted by molar-refractivity contribution is -0.189. The summed E-state index contributed by atoms with van der Waals surface area (Å²) in [4.78, 5) is 49.6. The minimum absolute atomic E-state index is 0.0250. The number of pyridine rings is 1. The van der Waals surface area contributed by atoms with Crippen LogP contribution in [0.1, 0.15) is 16.7 Å². The van der Waals surface area contributed by atoms with Crippen molar-refractivity contribution in [3.8, 4) is 18.1 Å². The second-order valence-corrected chi connectivity index (χ2v) is 11.4. The molecule has 0 radical (unpaired) electrons. The van der Waals surface area contributed by atoms with Gasteiger partial charge in [-0.15, -0.1) is 6.42 Å². The third-order valence-electron chi connectivity index (χ3n) is 8.13. The molecule has 2 atom stereocenters. The number of fused-ring (bicyclic) bond motifs is 2. The summed E-state index contributed by atoms with van der Waals surface area (Å²) in [6, 6.07) is 22.0. The number of phenols is 1. The van der Waals surface area contributed by atoms with Gasteiger partial charge >= 0.3 is 6.03 Å². The molecule has 2 saturated heterocycles. The Hall–Kier alpha value is -5.11. The first-order chi connectivity index (χ1) is 21.8. The van der Waals surface area contributed by atoms with Crippen LogP contribution in [0.4, 0.5) is 4.79 Å². The van der Waals surface area contributed by atoms with Crippen molar-refractivity contribution < 1.29 is 19.5 Å². The molecule has 4 amide bonds. The molecular weight excluding hydrogens is 592 g/mol. The average Bonchev–Trinajstić information content (AvgIpc) is 3.05. The molecule has 3 aromatic carbocycles. The van der Waals surface area contributed by atoms with Crippen LogP contribution in [-0.4, -0.2) is 79.6 Å². The maximum atomic E-state index is 14.3. The molecule has 2 N–H and O–H groups in total. The van der Waals surface area contributed by atoms with Crippen LogP contribution in [0.25, 0.3) is 10.9 Å². The zero-order valence-corrected chi connectivity index (χ0v) is 25.1. The van der Waals surface area contributed by atoms with Gasteiger partial charge < -0.3 is 20.2 Å². The lowest BCUT2D eigenvalue weighted by Crippen LogP contribution is -2.76. The number of carbonyl (C=O) groups excluding carboxylic acids is 3. The normalized spacial score (nSPS) is 18.5. The molecule has 3 heterocycles. The number of aromatic nitrogens is 1. The molecule has 0 saturated carbocycles. The lowest BCUT2D eigenvalue weighted by atomic mass is 9.98. The van der Waals surface area contributed by atoms with Gasteiger partial charge in [0.25, 0.3) is 0 Å². The number of piperazine rings is 1. The van der Waals surface area contributed by atoms with E-state index in [1.165, 1.54) is 9.91 Å². The number of hydrazine groups is 1. The number of urea groups is 1. The number of benzene rings is 3. The Balaban J connectivity index is 1.38. The molecule has 228 valence electrons. The van der Waals surface area contributed by atoms with E-state index in [4.69, 9.17) is 18.0 Å². The highest BCUT2D eigenvalue weighted by Gasteiger charge is 2.51. The molecule has 2 aliphatic heterocycles. The van der Waals surface area contributed by atoms with Gasteiger partial charge in [-0.05, 0) is 47.0 Å². The molecule has 4 aromatic rings. The lowest BCUT2D eigenvalue weighted by Gasteiger charge is -2.55. The van der Waals surface area contributed by atoms with E-state index in [1.807, 2.05) is 42.5 Å². The largest absolute Gasteiger partial charge is 0.508 e. The Morgan fingerprint density at radius 2 is 1.80 bits per heavy atom. The van der Waals surface area contributed by atoms with Crippen LogP contribution in [0, 0.1) is 12.3 Å². The van der Waals surface area contributed by atoms with Crippen LogP contribution in [0.3, 0.4) is 0 Å². The average molecular weight is 623 g/mol. The fourth-order valence-corrected chi connectivity index (χ4v) is 6.23. The van der Waals surface area contributed by atoms with E-state index in [1.54, 1.807) is 52.5 Å². The third kappa shape index (κ3) is 6.13. The monoisotopic (exact) mass is 622 g/mol. The van der Waals surface area contributed by atoms with Gasteiger partial charge in [0.2, 0.25) is 11.8 Å². The third-order valence-corrected chi connectivity index (χ3v) is 8.45. The van der Waals surface area contributed by atoms with E-state index in [0.29, 0.717) is 10.5 Å². The van der Waals surface area contributed by atoms with Crippen molar-refractivity contribution in [2.24, 2.45) is 0 Å². The number of nitrogens with one attached hydrogen (secondary N) is 1. The van der Waals surface area contributed by atoms with Crippen LogP contribution in [-0.2, 0) is 29.1 Å². The predicted molar refractivity (Wildman–Crippen MR) is 169 cm³/mol. The van der Waals surface area contributed by atoms with Crippen LogP contribution in [0.15, 0.2) is 85.1 Å². The van der Waals surface area contributed by atoms with Gasteiger partial charge in [-0.1, -0.05) is 66.1 Å². The van der Waals surface area contributed by atoms with Gasteiger partial charge in [-0.25, -0.2) is 9.80 Å². The number of rotatable bonds is 7. The van der Waals surface area contributed by atoms with Crippen LogP contribution < -0.4 is 5.32 Å². The van der Waals surface area contributed by atoms with Crippen molar-refractivity contribution in [1.29, 1.82) is 0 Å². The van der Waals surface area contributed by atoms with Gasteiger partial charge in [0, 0.05) is 36.1 Å². The second kappa shape index (κ2) is 12.9. The minimum atomic E-state index is -0.912. The maximum absolute atomic E-state index is 14.3. The molecule has 2 aliphatic rings. The highest BCUT2D eigenvalue weighted by Crippen LogP contribution is 2.31. The highest BCUT2D eigenvalue weighted by atomic mass is 35.5. The number of phenolic OH excluding ortho intramolecular Hbond substituents is 1. The zero-order chi connectivity index (χ0) is 31.5. The molecule has 6 rings (SSSR count). The standard InChI is InChI=1S/C34H31ClN6O4/c1-2-17-39-22-31(43)40-29(18-23-10-13-26(42)14-11-23)33(44)38(20-25-12-15-28(35)27-9-6-16-36-32(25)27)21-30(40)41(39)34(45)37-19-24-7-4-3-5-8-24/h1,3-16,29-30,42H,17-22H2,(H,37,45)/t29-,30-/m0/s1. The van der Waals surface area contributed by atoms with Crippen molar-refractivity contribution in [3.63, 3.8) is 0 Å². The first-order valence-corrected chi connectivity index (χ1v) is 14.9. The van der Waals surface area contributed by atoms with Crippen molar-refractivity contribution in [3.05, 3.63) is 107 Å². The quantitative estimate of drug-likeness (QED) is 0.304. The first-order valence-electron chi connectivity index (χ1n) is 14.5. The van der Waals surface area contributed by atoms with E-state index in [-0.39, 0.29) is 56.7 Å². The SMILES string of the molecule is C#CCN1CC(=O)N2[C@@H](Cc3ccc(O)cc3)C(=O)N(Cc3ccc(Cl)c4cccnc34)C[C@@H]2N1C(=O)NCc1ccccc1. The molecule has 0 spiro atoms. The van der Waals surface area contributed by atoms with E-state index in [0.717, 1.165) is 22.1 Å². The summed E-state index contributed by atoms with van der Waals surface area (Å²) >= 11 is 6.45. The fraction of sp³-hybridized carbons (Fsp3) is 0.235. The molecule has 0 aliphatic carbocycles. The molecule has 10 nitrogen and oxygen atoms in total. The molecule has 0 unspecified atom stereocenters. The summed E-state index contributed by atoms with van der Waals surface area (Å²) in [5.41, 5.74) is 3.11. The maximum Gasteiger partial charge on any atom is 0.334 e. The highest BCUT2D eigenvalue weighted by molar-refractivity contribution is 6.35. The van der Waals surface area contributed by atoms with Gasteiger partial charge in [0.1, 0.15) is 18.0 Å². The van der Waals surface area contributed by atoms with E-state index in [9.17, 15) is 19.5 Å².